The number of nitrogens with two attached hydrogens (primary N) is 1. The van der Waals surface area contributed by atoms with Gasteiger partial charge in [0.2, 0.25) is 5.91 Å². The van der Waals surface area contributed by atoms with Gasteiger partial charge in [0.25, 0.3) is 0 Å². The molecule has 0 spiro atoms. The van der Waals surface area contributed by atoms with E-state index in [9.17, 15) is 4.79 Å². The number of hydrogen-bond donors (Lipinski definition) is 2. The van der Waals surface area contributed by atoms with E-state index in [2.05, 4.69) is 21.6 Å². The Balaban J connectivity index is 2.18. The molecule has 0 saturated carbocycles. The number of hydrogen-bond acceptors (Lipinski definition) is 5. The highest BCUT2D eigenvalue weighted by Crippen LogP contribution is 2.25. The summed E-state index contributed by atoms with van der Waals surface area (Å²) in [7, 11) is 0. The third kappa shape index (κ3) is 3.04. The maximum atomic E-state index is 10.9. The van der Waals surface area contributed by atoms with Crippen molar-refractivity contribution in [2.45, 2.75) is 24.9 Å². The van der Waals surface area contributed by atoms with Crippen LogP contribution >= 0.6 is 23.1 Å². The molecule has 2 aromatic heterocycles. The van der Waals surface area contributed by atoms with E-state index in [0.717, 1.165) is 35.2 Å². The number of rotatable bonds is 7. The number of nitrogens with one attached hydrogen (secondary N) is 1. The molecule has 0 bridgehead atoms. The number of carbonyl (C=O) groups excluding carboxylic acids is 1. The first-order valence-corrected chi connectivity index (χ1v) is 7.65. The van der Waals surface area contributed by atoms with Gasteiger partial charge in [-0.3, -0.25) is 9.20 Å². The second-order valence-electron chi connectivity index (χ2n) is 3.85. The van der Waals surface area contributed by atoms with Crippen molar-refractivity contribution >= 4 is 34.0 Å². The van der Waals surface area contributed by atoms with Crippen LogP contribution in [0.3, 0.4) is 0 Å². The Bertz CT molecular complexity index is 534. The van der Waals surface area contributed by atoms with Crippen molar-refractivity contribution in [1.29, 1.82) is 0 Å². The number of nitrogens with zero attached hydrogens (tertiary/aromatic N) is 2. The van der Waals surface area contributed by atoms with Gasteiger partial charge in [-0.25, -0.2) is 4.98 Å². The number of fused-ring (bicyclic) bond motifs is 1. The first kappa shape index (κ1) is 13.4. The zero-order chi connectivity index (χ0) is 13.0. The fourth-order valence-electron chi connectivity index (χ4n) is 1.61. The molecule has 0 atom stereocenters. The van der Waals surface area contributed by atoms with Crippen LogP contribution < -0.4 is 11.1 Å². The average molecular weight is 284 g/mol. The van der Waals surface area contributed by atoms with E-state index in [4.69, 9.17) is 5.73 Å². The van der Waals surface area contributed by atoms with E-state index in [1.165, 1.54) is 11.8 Å². The van der Waals surface area contributed by atoms with Crippen LogP contribution in [-0.4, -0.2) is 27.6 Å². The van der Waals surface area contributed by atoms with E-state index >= 15 is 0 Å². The Morgan fingerprint density at radius 1 is 1.67 bits per heavy atom. The third-order valence-electron chi connectivity index (χ3n) is 2.39. The van der Waals surface area contributed by atoms with Crippen LogP contribution in [0.2, 0.25) is 0 Å². The minimum absolute atomic E-state index is 0.269. The number of carbonyl (C=O) groups is 1. The molecule has 0 aromatic carbocycles. The normalized spacial score (nSPS) is 11.2. The summed E-state index contributed by atoms with van der Waals surface area (Å²) in [5.74, 6) is -0.0464. The third-order valence-corrected chi connectivity index (χ3v) is 4.18. The molecule has 5 nitrogen and oxygen atoms in total. The maximum Gasteiger partial charge on any atom is 0.227 e. The quantitative estimate of drug-likeness (QED) is 0.596. The summed E-state index contributed by atoms with van der Waals surface area (Å²) in [5.41, 5.74) is 6.28. The summed E-state index contributed by atoms with van der Waals surface area (Å²) in [6.45, 7) is 3.86. The van der Waals surface area contributed by atoms with Gasteiger partial charge in [0.15, 0.2) is 4.96 Å². The van der Waals surface area contributed by atoms with E-state index in [1.807, 2.05) is 11.6 Å². The first-order valence-electron chi connectivity index (χ1n) is 5.78. The zero-order valence-corrected chi connectivity index (χ0v) is 11.8. The molecule has 7 heteroatoms. The van der Waals surface area contributed by atoms with Crippen molar-refractivity contribution in [2.75, 3.05) is 12.3 Å². The minimum atomic E-state index is -0.316. The van der Waals surface area contributed by atoms with Gasteiger partial charge in [-0.2, -0.15) is 0 Å². The van der Waals surface area contributed by atoms with Crippen molar-refractivity contribution in [2.24, 2.45) is 5.73 Å². The summed E-state index contributed by atoms with van der Waals surface area (Å²) in [6.07, 6.45) is 3.10. The summed E-state index contributed by atoms with van der Waals surface area (Å²) in [6, 6.07) is 0. The molecule has 98 valence electrons. The van der Waals surface area contributed by atoms with Gasteiger partial charge < -0.3 is 11.1 Å². The highest BCUT2D eigenvalue weighted by Gasteiger charge is 2.13. The van der Waals surface area contributed by atoms with Crippen LogP contribution in [-0.2, 0) is 11.3 Å². The molecular weight excluding hydrogens is 268 g/mol. The molecule has 1 amide bonds. The Morgan fingerprint density at radius 3 is 3.22 bits per heavy atom. The molecule has 0 radical (unpaired) electrons. The number of aromatic nitrogens is 2. The lowest BCUT2D eigenvalue weighted by Crippen LogP contribution is -2.16. The topological polar surface area (TPSA) is 72.4 Å². The van der Waals surface area contributed by atoms with Crippen molar-refractivity contribution in [1.82, 2.24) is 14.7 Å². The lowest BCUT2D eigenvalue weighted by molar-refractivity contribution is -0.115. The Kier molecular flexibility index (Phi) is 4.62. The molecule has 18 heavy (non-hydrogen) atoms. The lowest BCUT2D eigenvalue weighted by Gasteiger charge is -2.04. The highest BCUT2D eigenvalue weighted by molar-refractivity contribution is 7.99. The molecule has 2 aromatic rings. The van der Waals surface area contributed by atoms with E-state index in [0.29, 0.717) is 0 Å². The monoisotopic (exact) mass is 284 g/mol. The van der Waals surface area contributed by atoms with Crippen LogP contribution in [0.1, 0.15) is 19.0 Å². The van der Waals surface area contributed by atoms with Crippen LogP contribution in [0.15, 0.2) is 16.6 Å². The minimum Gasteiger partial charge on any atom is -0.369 e. The van der Waals surface area contributed by atoms with Gasteiger partial charge in [0.1, 0.15) is 5.03 Å². The summed E-state index contributed by atoms with van der Waals surface area (Å²) < 4.78 is 2.07. The molecule has 0 aliphatic rings. The predicted molar refractivity (Wildman–Crippen MR) is 75.0 cm³/mol. The summed E-state index contributed by atoms with van der Waals surface area (Å²) >= 11 is 2.99. The molecule has 0 fully saturated rings. The van der Waals surface area contributed by atoms with Crippen LogP contribution in [0.5, 0.6) is 0 Å². The molecule has 0 saturated heterocycles. The molecular formula is C11H16N4OS2. The Morgan fingerprint density at radius 2 is 2.50 bits per heavy atom. The fourth-order valence-corrected chi connectivity index (χ4v) is 3.17. The fraction of sp³-hybridized carbons (Fsp3) is 0.455. The number of primary amides is 1. The summed E-state index contributed by atoms with van der Waals surface area (Å²) in [4.78, 5) is 16.3. The van der Waals surface area contributed by atoms with Crippen LogP contribution in [0.4, 0.5) is 0 Å². The lowest BCUT2D eigenvalue weighted by atomic mass is 10.4. The van der Waals surface area contributed by atoms with E-state index < -0.39 is 0 Å². The first-order chi connectivity index (χ1) is 8.72. The largest absolute Gasteiger partial charge is 0.369 e. The van der Waals surface area contributed by atoms with Crippen LogP contribution in [0, 0.1) is 0 Å². The van der Waals surface area contributed by atoms with Gasteiger partial charge in [0, 0.05) is 18.1 Å². The zero-order valence-electron chi connectivity index (χ0n) is 10.2. The predicted octanol–water partition coefficient (Wildman–Crippen LogP) is 1.47. The molecule has 0 aliphatic heterocycles. The Labute approximate surface area is 114 Å². The molecule has 0 unspecified atom stereocenters. The number of thioether (sulfide) groups is 1. The van der Waals surface area contributed by atoms with Gasteiger partial charge in [-0.15, -0.1) is 11.3 Å². The smallest absolute Gasteiger partial charge is 0.227 e. The van der Waals surface area contributed by atoms with E-state index in [-0.39, 0.29) is 11.7 Å². The highest BCUT2D eigenvalue weighted by atomic mass is 32.2. The van der Waals surface area contributed by atoms with Crippen molar-refractivity contribution in [3.05, 3.63) is 17.3 Å². The number of imidazole rings is 1. The van der Waals surface area contributed by atoms with Gasteiger partial charge in [-0.05, 0) is 13.0 Å². The molecule has 2 heterocycles. The van der Waals surface area contributed by atoms with Gasteiger partial charge in [-0.1, -0.05) is 18.7 Å². The summed E-state index contributed by atoms with van der Waals surface area (Å²) in [5, 5.41) is 6.26. The van der Waals surface area contributed by atoms with Crippen LogP contribution in [0.25, 0.3) is 4.96 Å². The van der Waals surface area contributed by atoms with Gasteiger partial charge >= 0.3 is 0 Å². The molecule has 0 aliphatic carbocycles. The van der Waals surface area contributed by atoms with Crippen molar-refractivity contribution in [3.8, 4) is 0 Å². The number of amides is 1. The number of thiazole rings is 1. The average Bonchev–Trinajstić information content (AvgIpc) is 2.88. The standard InChI is InChI=1S/C11H16N4OS2/c1-2-3-13-6-8-10(18-7-9(12)16)14-11-15(8)4-5-17-11/h4-5,13H,2-3,6-7H2,1H3,(H2,12,16). The second kappa shape index (κ2) is 6.21. The van der Waals surface area contributed by atoms with Gasteiger partial charge in [0.05, 0.1) is 11.4 Å². The second-order valence-corrected chi connectivity index (χ2v) is 5.69. The van der Waals surface area contributed by atoms with Crippen molar-refractivity contribution < 1.29 is 4.79 Å². The van der Waals surface area contributed by atoms with Crippen molar-refractivity contribution in [3.63, 3.8) is 0 Å². The molecule has 2 rings (SSSR count). The molecule has 3 N–H and O–H groups in total. The maximum absolute atomic E-state index is 10.9. The SMILES string of the molecule is CCCNCc1c(SCC(N)=O)nc2sccn12. The Hall–Kier alpha value is -1.05. The van der Waals surface area contributed by atoms with E-state index in [1.54, 1.807) is 11.3 Å².